The summed E-state index contributed by atoms with van der Waals surface area (Å²) in [7, 11) is 2.13. The zero-order valence-corrected chi connectivity index (χ0v) is 56.5. The number of para-hydroxylation sites is 1. The van der Waals surface area contributed by atoms with Crippen LogP contribution in [-0.4, -0.2) is 142 Å². The fourth-order valence-corrected chi connectivity index (χ4v) is 18.6. The van der Waals surface area contributed by atoms with Crippen LogP contribution in [0.4, 0.5) is 22.6 Å². The number of hydrogen-bond donors (Lipinski definition) is 5. The van der Waals surface area contributed by atoms with Crippen molar-refractivity contribution in [2.75, 3.05) is 50.1 Å². The molecule has 0 radical (unpaired) electrons. The van der Waals surface area contributed by atoms with Crippen LogP contribution in [0.5, 0.6) is 0 Å². The molecular formula is C70H89N13O7S2. The third-order valence-corrected chi connectivity index (χ3v) is 22.1. The number of aliphatic hydroxyl groups is 1. The first-order valence-corrected chi connectivity index (χ1v) is 34.4. The minimum absolute atomic E-state index is 0.0140. The zero-order valence-electron chi connectivity index (χ0n) is 54.9. The molecule has 22 heteroatoms. The van der Waals surface area contributed by atoms with Gasteiger partial charge in [-0.05, 0) is 163 Å². The van der Waals surface area contributed by atoms with Crippen LogP contribution in [0.25, 0.3) is 31.8 Å². The molecule has 2 aliphatic heterocycles. The lowest BCUT2D eigenvalue weighted by Crippen LogP contribution is -2.64. The maximum absolute atomic E-state index is 14.3. The number of aromatic nitrogens is 7. The lowest BCUT2D eigenvalue weighted by molar-refractivity contribution is -0.248. The molecule has 7 aromatic rings. The second-order valence-electron chi connectivity index (χ2n) is 29.2. The number of thiazole rings is 2. The van der Waals surface area contributed by atoms with E-state index in [0.717, 1.165) is 137 Å². The quantitative estimate of drug-likeness (QED) is 0.0374. The summed E-state index contributed by atoms with van der Waals surface area (Å²) in [5.41, 5.74) is 9.18. The van der Waals surface area contributed by atoms with Crippen LogP contribution in [0.15, 0.2) is 72.4 Å². The Kier molecular flexibility index (Phi) is 18.0. The highest BCUT2D eigenvalue weighted by Crippen LogP contribution is 2.72. The minimum atomic E-state index is -1.11. The van der Waals surface area contributed by atoms with Gasteiger partial charge >= 0.3 is 5.97 Å². The normalized spacial score (nSPS) is 24.1. The molecule has 20 nitrogen and oxygen atoms in total. The number of anilines is 4. The summed E-state index contributed by atoms with van der Waals surface area (Å²) in [6.45, 7) is 22.2. The molecule has 488 valence electrons. The van der Waals surface area contributed by atoms with Crippen molar-refractivity contribution in [2.24, 2.45) is 21.7 Å². The first-order valence-electron chi connectivity index (χ1n) is 32.7. The maximum atomic E-state index is 14.3. The molecular weight excluding hydrogens is 1200 g/mol. The molecule has 4 saturated carbocycles. The van der Waals surface area contributed by atoms with Gasteiger partial charge in [-0.3, -0.25) is 19.1 Å². The van der Waals surface area contributed by atoms with Crippen LogP contribution in [0, 0.1) is 42.4 Å². The Morgan fingerprint density at radius 3 is 2.36 bits per heavy atom. The Hall–Kier alpha value is -7.24. The van der Waals surface area contributed by atoms with Gasteiger partial charge in [-0.1, -0.05) is 88.8 Å². The number of rotatable bonds is 23. The van der Waals surface area contributed by atoms with E-state index in [-0.39, 0.29) is 70.7 Å². The summed E-state index contributed by atoms with van der Waals surface area (Å²) >= 11 is 3.15. The number of carboxylic acids is 1. The van der Waals surface area contributed by atoms with E-state index in [0.29, 0.717) is 42.6 Å². The number of aromatic carboxylic acids is 1. The van der Waals surface area contributed by atoms with Crippen LogP contribution in [0.1, 0.15) is 163 Å². The molecule has 4 bridgehead atoms. The molecule has 13 rings (SSSR count). The van der Waals surface area contributed by atoms with Crippen LogP contribution in [0.2, 0.25) is 0 Å². The number of nitrogens with zero attached hydrogens (tertiary/aromatic N) is 10. The van der Waals surface area contributed by atoms with Gasteiger partial charge in [-0.15, -0.1) is 21.5 Å². The highest BCUT2D eigenvalue weighted by atomic mass is 32.1. The number of nitrogens with one attached hydrogen (secondary N) is 3. The van der Waals surface area contributed by atoms with Crippen LogP contribution < -0.4 is 20.9 Å². The van der Waals surface area contributed by atoms with Crippen molar-refractivity contribution in [3.05, 3.63) is 106 Å². The molecule has 0 spiro atoms. The number of hydrogen-bond acceptors (Lipinski definition) is 17. The van der Waals surface area contributed by atoms with Crippen molar-refractivity contribution in [2.45, 2.75) is 182 Å². The standard InChI is InChI=1S/C70H89N13O7S2/c1-42-49-17-16-28-81(61(49)79-78-60(42)77-65-74-52-18-13-14-19-54(52)92-65)55-26-25-50(57(75-55)64(88)89)51-32-72-83(45(51)4)40-69-35-67(8)34-68(9,36-69)38-70(37-67,39-69)90-30-29-80(10)27-15-11-12-20-56(85)76-59(66(5,6)7)63(87)82-33-48(84)31-53(82)62(86)73-43(2)46-21-23-47(24-22-46)58-44(3)71-41-91-58/h13-14,18-19,21-26,32,41,43,48,53,59,84H,11-12,15-17,20,27-31,33-40H2,1-10H3,(H,73,86)(H,76,85)(H,88,89)(H,74,77,78)/t43?,48-,53+,59?,67?,68?,69?,70?/m1/s1. The summed E-state index contributed by atoms with van der Waals surface area (Å²) in [6.07, 6.45) is 11.7. The number of benzene rings is 2. The van der Waals surface area contributed by atoms with Crippen molar-refractivity contribution in [1.82, 2.24) is 55.4 Å². The van der Waals surface area contributed by atoms with Gasteiger partial charge in [0.15, 0.2) is 22.5 Å². The van der Waals surface area contributed by atoms with Gasteiger partial charge in [0, 0.05) is 67.0 Å². The summed E-state index contributed by atoms with van der Waals surface area (Å²) in [6, 6.07) is 17.7. The summed E-state index contributed by atoms with van der Waals surface area (Å²) in [4.78, 5) is 75.7. The summed E-state index contributed by atoms with van der Waals surface area (Å²) in [5, 5.41) is 46.1. The van der Waals surface area contributed by atoms with Crippen molar-refractivity contribution in [3.8, 4) is 21.6 Å². The second kappa shape index (κ2) is 25.6. The van der Waals surface area contributed by atoms with Gasteiger partial charge in [-0.2, -0.15) is 5.10 Å². The van der Waals surface area contributed by atoms with Crippen molar-refractivity contribution in [3.63, 3.8) is 0 Å². The number of carboxylic acid groups (broad SMARTS) is 1. The molecule has 92 heavy (non-hydrogen) atoms. The summed E-state index contributed by atoms with van der Waals surface area (Å²) in [5.74, 6) is -0.190. The van der Waals surface area contributed by atoms with Crippen LogP contribution in [0.3, 0.4) is 0 Å². The van der Waals surface area contributed by atoms with Crippen molar-refractivity contribution in [1.29, 1.82) is 0 Å². The molecule has 6 aliphatic rings. The molecule has 2 aromatic carbocycles. The molecule has 3 amide bonds. The number of amides is 3. The van der Waals surface area contributed by atoms with E-state index < -0.39 is 29.6 Å². The number of carbonyl (C=O) groups excluding carboxylic acids is 3. The number of ether oxygens (including phenoxy) is 1. The van der Waals surface area contributed by atoms with E-state index in [1.54, 1.807) is 22.7 Å². The fourth-order valence-electron chi connectivity index (χ4n) is 16.9. The third-order valence-electron chi connectivity index (χ3n) is 20.2. The number of aryl methyl sites for hydroxylation is 1. The minimum Gasteiger partial charge on any atom is -0.476 e. The average Bonchev–Trinajstić information content (AvgIpc) is 1.56. The van der Waals surface area contributed by atoms with E-state index in [1.165, 1.54) is 11.3 Å². The van der Waals surface area contributed by atoms with E-state index in [1.807, 2.05) is 126 Å². The first kappa shape index (κ1) is 64.8. The Morgan fingerprint density at radius 2 is 1.64 bits per heavy atom. The number of likely N-dealkylation sites (N-methyl/N-ethyl adjacent to an activating group) is 1. The van der Waals surface area contributed by atoms with Crippen molar-refractivity contribution < 1.29 is 34.1 Å². The average molecular weight is 1290 g/mol. The van der Waals surface area contributed by atoms with Crippen LogP contribution >= 0.6 is 22.7 Å². The lowest BCUT2D eigenvalue weighted by atomic mass is 9.39. The van der Waals surface area contributed by atoms with E-state index in [9.17, 15) is 29.4 Å². The van der Waals surface area contributed by atoms with E-state index >= 15 is 0 Å². The molecule has 5 aromatic heterocycles. The Balaban J connectivity index is 0.622. The highest BCUT2D eigenvalue weighted by molar-refractivity contribution is 7.22. The second-order valence-corrected chi connectivity index (χ2v) is 31.1. The first-order chi connectivity index (χ1) is 43.8. The number of unbranched alkanes of at least 4 members (excludes halogenated alkanes) is 2. The lowest BCUT2D eigenvalue weighted by Gasteiger charge is -2.69. The van der Waals surface area contributed by atoms with Crippen molar-refractivity contribution >= 4 is 79.2 Å². The van der Waals surface area contributed by atoms with Gasteiger partial charge < -0.3 is 45.6 Å². The van der Waals surface area contributed by atoms with Gasteiger partial charge in [0.25, 0.3) is 0 Å². The highest BCUT2D eigenvalue weighted by Gasteiger charge is 2.66. The molecule has 1 saturated heterocycles. The van der Waals surface area contributed by atoms with E-state index in [4.69, 9.17) is 24.9 Å². The SMILES string of the molecule is Cc1ncsc1-c1ccc(C(C)NC(=O)[C@@H]2C[C@@H](O)CN2C(=O)C(NC(=O)CCCCCN(C)CCOC23CC4(C)CC(C)(CC(Cn5ncc(-c6ccc(N7CCCc8c7nnc(Nc7nc9ccccc9s7)c8C)nc6C(=O)O)c5C)(C4)C2)C3)C(C)(C)C)cc1. The smallest absolute Gasteiger partial charge is 0.355 e. The van der Waals surface area contributed by atoms with Crippen LogP contribution in [-0.2, 0) is 32.1 Å². The molecule has 7 heterocycles. The third kappa shape index (κ3) is 13.5. The van der Waals surface area contributed by atoms with Gasteiger partial charge in [-0.25, -0.2) is 19.7 Å². The monoisotopic (exact) mass is 1290 g/mol. The largest absolute Gasteiger partial charge is 0.476 e. The predicted octanol–water partition coefficient (Wildman–Crippen LogP) is 11.9. The predicted molar refractivity (Wildman–Crippen MR) is 360 cm³/mol. The number of carbonyl (C=O) groups is 4. The number of likely N-dealkylation sites (tertiary alicyclic amines) is 1. The molecule has 6 atom stereocenters. The zero-order chi connectivity index (χ0) is 65.1. The molecule has 4 aliphatic carbocycles. The molecule has 4 unspecified atom stereocenters. The molecule has 5 fully saturated rings. The van der Waals surface area contributed by atoms with E-state index in [2.05, 4.69) is 56.5 Å². The van der Waals surface area contributed by atoms with Gasteiger partial charge in [0.2, 0.25) is 17.7 Å². The Morgan fingerprint density at radius 1 is 0.880 bits per heavy atom. The Bertz CT molecular complexity index is 3860. The number of β-amino-alcohol motifs (C(OH)–C–C–N with tert-alkyl or cyclic N) is 1. The van der Waals surface area contributed by atoms with Gasteiger partial charge in [0.1, 0.15) is 17.9 Å². The number of fused-ring (bicyclic) bond motifs is 2. The summed E-state index contributed by atoms with van der Waals surface area (Å²) < 4.78 is 10.3. The number of aliphatic hydroxyl groups excluding tert-OH is 1. The number of pyridine rings is 1. The molecule has 5 N–H and O–H groups in total. The Labute approximate surface area is 547 Å². The van der Waals surface area contributed by atoms with Gasteiger partial charge in [0.05, 0.1) is 56.8 Å². The maximum Gasteiger partial charge on any atom is 0.355 e. The topological polar surface area (TPSA) is 246 Å². The fraction of sp³-hybridized carbons (Fsp3) is 0.543.